The van der Waals surface area contributed by atoms with E-state index < -0.39 is 308 Å². The number of carboxylic acids is 2. The number of aliphatic hydroxyl groups excluding tert-OH is 3. The second-order valence-corrected chi connectivity index (χ2v) is 38.6. The first-order valence-electron chi connectivity index (χ1n) is 49.1. The van der Waals surface area contributed by atoms with Crippen molar-refractivity contribution in [3.63, 3.8) is 0 Å². The number of nitrogens with zero attached hydrogens (tertiary/aromatic N) is 2. The standard InChI is InChI=1S/C93H155N27O26S/c1-47(2)38-62(113-88(141)69-27-21-36-120(69)91(144)65(40-54-22-14-13-15-23-54)114-87(140)66(43-121)115-74(127)51(9)96)82(135)103-52(10)75(128)118-72(49(5)6)89(142)110-59(28-30-70(97)124)81(134)111-63(39-48(3)4)83(136)112-64(41-55-42-100-46-102-55)84(137)119-73(50(7)8)90(143)117-68(45-123)86(139)107-56(24-16-18-33-94)77(130)105-58(26-20-35-101-93(98)99)79(132)116-67(44-122)85(138)106-57(25-17-19-34-95)78(131)108-60(29-31-71(125)126)80(133)109-61(32-37-147-12)76(129)104-53(11)92(145)146/h13-15,22-23,42,46-53,56-69,72-73,121-123H,16-21,24-41,43-45,94-96H2,1-12H3,(H2,97,124)(H,100,102)(H,103,135)(H,104,129)(H,105,130)(H,106,138)(H,107,139)(H,108,131)(H,109,133)(H,110,142)(H,111,134)(H,112,136)(H,113,141)(H,114,140)(H,115,127)(H,116,132)(H,117,143)(H,118,128)(H,119,137)(H,125,126)(H,145,146)(H4,98,99,101)/t51-,52-,53-,56-,57-,58-,59-,60-,61-,62-,63-,64-,65-,66-,67-,68-,69-,72-,73-/m0/s1. The molecular weight excluding hydrogens is 1940 g/mol. The highest BCUT2D eigenvalue weighted by Crippen LogP contribution is 2.23. The number of likely N-dealkylation sites (tertiary alicyclic amines) is 1. The van der Waals surface area contributed by atoms with Crippen LogP contribution < -0.4 is 124 Å². The fourth-order valence-electron chi connectivity index (χ4n) is 15.2. The number of hydrogen-bond acceptors (Lipinski definition) is 30. The van der Waals surface area contributed by atoms with Gasteiger partial charge in [0.25, 0.3) is 0 Å². The van der Waals surface area contributed by atoms with Crippen LogP contribution in [0.15, 0.2) is 42.9 Å². The van der Waals surface area contributed by atoms with Gasteiger partial charge in [-0.25, -0.2) is 4.98 Å². The first-order valence-corrected chi connectivity index (χ1v) is 50.5. The number of benzene rings is 1. The van der Waals surface area contributed by atoms with Gasteiger partial charge in [-0.1, -0.05) is 85.7 Å². The number of H-pyrrole nitrogens is 1. The van der Waals surface area contributed by atoms with E-state index >= 15 is 0 Å². The average Bonchev–Trinajstić information content (AvgIpc) is 1.70. The molecule has 1 fully saturated rings. The average molecular weight is 2100 g/mol. The van der Waals surface area contributed by atoms with Crippen molar-refractivity contribution in [2.24, 2.45) is 52.3 Å². The Morgan fingerprint density at radius 2 is 0.816 bits per heavy atom. The van der Waals surface area contributed by atoms with Gasteiger partial charge in [0.1, 0.15) is 109 Å². The second-order valence-electron chi connectivity index (χ2n) is 37.6. The number of imidazole rings is 1. The molecule has 0 radical (unpaired) electrons. The van der Waals surface area contributed by atoms with E-state index in [-0.39, 0.29) is 133 Å². The third-order valence-electron chi connectivity index (χ3n) is 23.5. The van der Waals surface area contributed by atoms with Gasteiger partial charge in [-0.05, 0) is 171 Å². The summed E-state index contributed by atoms with van der Waals surface area (Å²) in [5.41, 5.74) is 29.2. The van der Waals surface area contributed by atoms with Gasteiger partial charge in [0.2, 0.25) is 112 Å². The topological polar surface area (TPSA) is 862 Å². The minimum absolute atomic E-state index is 0.0218. The number of rotatable bonds is 70. The molecule has 2 aromatic rings. The molecule has 1 aliphatic rings. The number of thioether (sulfide) groups is 1. The molecule has 1 aliphatic heterocycles. The van der Waals surface area contributed by atoms with Gasteiger partial charge in [0.05, 0.1) is 32.2 Å². The lowest BCUT2D eigenvalue weighted by Crippen LogP contribution is -2.62. The summed E-state index contributed by atoms with van der Waals surface area (Å²) in [5.74, 6) is -23.8. The van der Waals surface area contributed by atoms with E-state index in [1.165, 1.54) is 63.8 Å². The zero-order chi connectivity index (χ0) is 111. The second kappa shape index (κ2) is 66.7. The Labute approximate surface area is 857 Å². The molecular formula is C93H155N27O26S. The quantitative estimate of drug-likeness (QED) is 0.0166. The van der Waals surface area contributed by atoms with Crippen LogP contribution in [0, 0.1) is 29.1 Å². The molecule has 0 saturated carbocycles. The molecule has 147 heavy (non-hydrogen) atoms. The monoisotopic (exact) mass is 2100 g/mol. The number of aliphatic hydroxyl groups is 3. The van der Waals surface area contributed by atoms with Crippen molar-refractivity contribution in [2.45, 2.75) is 313 Å². The molecule has 35 N–H and O–H groups in total. The summed E-state index contributed by atoms with van der Waals surface area (Å²) in [6, 6.07) is -20.2. The molecule has 2 heterocycles. The first kappa shape index (κ1) is 128. The number of carbonyl (C=O) groups excluding carboxylic acids is 19. The number of primary amides is 1. The van der Waals surface area contributed by atoms with Gasteiger partial charge in [0.15, 0.2) is 5.96 Å². The summed E-state index contributed by atoms with van der Waals surface area (Å²) in [4.78, 5) is 300. The summed E-state index contributed by atoms with van der Waals surface area (Å²) in [6.45, 7) is 13.9. The van der Waals surface area contributed by atoms with Crippen LogP contribution >= 0.6 is 11.8 Å². The number of amides is 19. The van der Waals surface area contributed by atoms with Gasteiger partial charge in [-0.2, -0.15) is 11.8 Å². The molecule has 824 valence electrons. The highest BCUT2D eigenvalue weighted by molar-refractivity contribution is 7.98. The summed E-state index contributed by atoms with van der Waals surface area (Å²) in [6.07, 6.45) is 2.02. The van der Waals surface area contributed by atoms with E-state index in [9.17, 15) is 126 Å². The molecule has 1 saturated heterocycles. The molecule has 1 aromatic carbocycles. The number of aliphatic carboxylic acids is 2. The fraction of sp³-hybridized carbons (Fsp3) is 0.667. The fourth-order valence-corrected chi connectivity index (χ4v) is 15.7. The Bertz CT molecular complexity index is 4690. The maximum absolute atomic E-state index is 14.8. The van der Waals surface area contributed by atoms with E-state index in [4.69, 9.17) is 34.1 Å². The van der Waals surface area contributed by atoms with Crippen LogP contribution in [0.1, 0.15) is 197 Å². The SMILES string of the molecule is CSCC[C@H](NC(=O)[C@H](CCC(=O)O)NC(=O)[C@H](CCCCN)NC(=O)[C@H](CO)NC(=O)[C@H](CCCNC(=N)N)NC(=O)[C@H](CCCCN)NC(=O)[C@H](CO)NC(=O)[C@@H](NC(=O)[C@H](Cc1cnc[nH]1)NC(=O)[C@H](CC(C)C)NC(=O)[C@H](CCC(N)=O)NC(=O)[C@@H](NC(=O)[C@H](C)NC(=O)[C@H](CC(C)C)NC(=O)[C@@H]1CCCN1C(=O)[C@H](Cc1ccccc1)NC(=O)[C@H](CO)NC(=O)[C@H](C)N)C(C)C)C(C)C)C(=O)N[C@@H](C)C(=O)O. The molecule has 0 bridgehead atoms. The van der Waals surface area contributed by atoms with Crippen molar-refractivity contribution in [3.05, 3.63) is 54.1 Å². The van der Waals surface area contributed by atoms with E-state index in [0.717, 1.165) is 0 Å². The molecule has 1 aromatic heterocycles. The highest BCUT2D eigenvalue weighted by atomic mass is 32.2. The predicted octanol–water partition coefficient (Wildman–Crippen LogP) is -8.32. The van der Waals surface area contributed by atoms with Crippen LogP contribution in [0.4, 0.5) is 0 Å². The predicted molar refractivity (Wildman–Crippen MR) is 536 cm³/mol. The van der Waals surface area contributed by atoms with Crippen molar-refractivity contribution in [1.82, 2.24) is 111 Å². The Hall–Kier alpha value is -13.3. The smallest absolute Gasteiger partial charge is 0.325 e. The van der Waals surface area contributed by atoms with Crippen LogP contribution in [0.5, 0.6) is 0 Å². The molecule has 0 aliphatic carbocycles. The summed E-state index contributed by atoms with van der Waals surface area (Å²) < 4.78 is 0. The molecule has 3 rings (SSSR count). The van der Waals surface area contributed by atoms with Crippen molar-refractivity contribution in [3.8, 4) is 0 Å². The van der Waals surface area contributed by atoms with Crippen molar-refractivity contribution < 1.29 is 126 Å². The van der Waals surface area contributed by atoms with Crippen molar-refractivity contribution >= 4 is 142 Å². The highest BCUT2D eigenvalue weighted by Gasteiger charge is 2.44. The van der Waals surface area contributed by atoms with Crippen LogP contribution in [0.2, 0.25) is 0 Å². The lowest BCUT2D eigenvalue weighted by molar-refractivity contribution is -0.142. The lowest BCUT2D eigenvalue weighted by atomic mass is 9.99. The Morgan fingerprint density at radius 3 is 1.24 bits per heavy atom. The minimum atomic E-state index is -1.92. The third-order valence-corrected chi connectivity index (χ3v) is 24.1. The number of nitrogens with one attached hydrogen (secondary N) is 20. The molecule has 0 unspecified atom stereocenters. The van der Waals surface area contributed by atoms with Gasteiger partial charge in [-0.3, -0.25) is 106 Å². The molecule has 19 amide bonds. The van der Waals surface area contributed by atoms with Gasteiger partial charge in [-0.15, -0.1) is 0 Å². The molecule has 0 spiro atoms. The Balaban J connectivity index is 1.91. The normalized spacial score (nSPS) is 16.0. The largest absolute Gasteiger partial charge is 0.481 e. The molecule has 53 nitrogen and oxygen atoms in total. The number of guanidine groups is 1. The van der Waals surface area contributed by atoms with Crippen LogP contribution in [-0.4, -0.2) is 343 Å². The van der Waals surface area contributed by atoms with Crippen molar-refractivity contribution in [2.75, 3.05) is 58.0 Å². The first-order chi connectivity index (χ1) is 69.3. The maximum Gasteiger partial charge on any atom is 0.325 e. The van der Waals surface area contributed by atoms with Crippen molar-refractivity contribution in [1.29, 1.82) is 5.41 Å². The molecule has 54 heteroatoms. The zero-order valence-electron chi connectivity index (χ0n) is 85.4. The van der Waals surface area contributed by atoms with Crippen LogP contribution in [0.25, 0.3) is 0 Å². The molecule has 19 atom stereocenters. The van der Waals surface area contributed by atoms with Gasteiger partial charge in [0, 0.05) is 50.7 Å². The summed E-state index contributed by atoms with van der Waals surface area (Å²) >= 11 is 1.28. The Morgan fingerprint density at radius 1 is 0.435 bits per heavy atom. The number of nitrogens with two attached hydrogens (primary N) is 5. The van der Waals surface area contributed by atoms with E-state index in [0.29, 0.717) is 12.0 Å². The maximum atomic E-state index is 14.8. The lowest BCUT2D eigenvalue weighted by Gasteiger charge is -2.31. The third kappa shape index (κ3) is 46.5. The van der Waals surface area contributed by atoms with Crippen LogP contribution in [-0.2, 0) is 114 Å². The van der Waals surface area contributed by atoms with E-state index in [2.05, 4.69) is 106 Å². The number of unbranched alkanes of at least 4 members (excludes halogenated alkanes) is 2. The van der Waals surface area contributed by atoms with E-state index in [1.807, 2.05) is 0 Å². The number of aromatic amines is 1. The Kier molecular flexibility index (Phi) is 58.0. The number of carboxylic acid groups (broad SMARTS) is 2. The van der Waals surface area contributed by atoms with Gasteiger partial charge >= 0.3 is 11.9 Å². The minimum Gasteiger partial charge on any atom is -0.481 e. The van der Waals surface area contributed by atoms with Crippen LogP contribution in [0.3, 0.4) is 0 Å². The summed E-state index contributed by atoms with van der Waals surface area (Å²) in [7, 11) is 0. The number of aromatic nitrogens is 2. The van der Waals surface area contributed by atoms with E-state index in [1.54, 1.807) is 78.1 Å². The summed E-state index contributed by atoms with van der Waals surface area (Å²) in [5, 5.41) is 103. The number of hydrogen-bond donors (Lipinski definition) is 30. The zero-order valence-corrected chi connectivity index (χ0v) is 86.2. The van der Waals surface area contributed by atoms with Gasteiger partial charge < -0.3 is 160 Å². The number of carbonyl (C=O) groups is 21.